The Morgan fingerprint density at radius 2 is 1.60 bits per heavy atom. The summed E-state index contributed by atoms with van der Waals surface area (Å²) in [5.74, 6) is 0.503. The van der Waals surface area contributed by atoms with Gasteiger partial charge in [-0.15, -0.1) is 0 Å². The van der Waals surface area contributed by atoms with Crippen LogP contribution in [0, 0.1) is 5.92 Å². The Labute approximate surface area is 178 Å². The van der Waals surface area contributed by atoms with Crippen molar-refractivity contribution in [3.63, 3.8) is 0 Å². The fourth-order valence-electron chi connectivity index (χ4n) is 5.33. The summed E-state index contributed by atoms with van der Waals surface area (Å²) in [6.45, 7) is 6.75. The highest BCUT2D eigenvalue weighted by molar-refractivity contribution is 6.88. The second kappa shape index (κ2) is 7.00. The van der Waals surface area contributed by atoms with E-state index in [1.165, 1.54) is 0 Å². The third kappa shape index (κ3) is 2.98. The minimum Gasteiger partial charge on any atom is -0.388 e. The molecule has 0 radical (unpaired) electrons. The number of pyridine rings is 1. The minimum atomic E-state index is -1.87. The van der Waals surface area contributed by atoms with Crippen molar-refractivity contribution in [1.29, 1.82) is 0 Å². The van der Waals surface area contributed by atoms with Crippen molar-refractivity contribution in [3.05, 3.63) is 71.1 Å². The van der Waals surface area contributed by atoms with E-state index in [0.717, 1.165) is 50.5 Å². The van der Waals surface area contributed by atoms with Crippen LogP contribution >= 0.6 is 0 Å². The van der Waals surface area contributed by atoms with Gasteiger partial charge in [-0.25, -0.2) is 4.98 Å². The molecule has 5 rings (SSSR count). The number of Topliss-reactive ketones (excluding diaryl/α,β-unsaturated/α-hetero) is 1. The summed E-state index contributed by atoms with van der Waals surface area (Å²) in [5, 5.41) is 14.3. The molecule has 2 atom stereocenters. The number of carbonyl (C=O) groups excluding carboxylic acids is 1. The van der Waals surface area contributed by atoms with Crippen molar-refractivity contribution in [2.75, 3.05) is 0 Å². The number of nitrogens with zero attached hydrogens (tertiary/aromatic N) is 1. The van der Waals surface area contributed by atoms with Crippen LogP contribution in [0.15, 0.2) is 59.8 Å². The van der Waals surface area contributed by atoms with Gasteiger partial charge in [-0.3, -0.25) is 4.79 Å². The number of aromatic nitrogens is 1. The summed E-state index contributed by atoms with van der Waals surface area (Å²) in [5.41, 5.74) is 4.89. The van der Waals surface area contributed by atoms with Gasteiger partial charge < -0.3 is 5.11 Å². The van der Waals surface area contributed by atoms with Crippen molar-refractivity contribution < 1.29 is 9.90 Å². The van der Waals surface area contributed by atoms with Crippen molar-refractivity contribution in [2.24, 2.45) is 5.92 Å². The maximum Gasteiger partial charge on any atom is 0.155 e. The van der Waals surface area contributed by atoms with E-state index in [2.05, 4.69) is 43.9 Å². The zero-order valence-electron chi connectivity index (χ0n) is 17.8. The number of carbonyl (C=O) groups is 1. The monoisotopic (exact) mass is 413 g/mol. The van der Waals surface area contributed by atoms with Gasteiger partial charge in [0, 0.05) is 22.9 Å². The van der Waals surface area contributed by atoms with E-state index in [9.17, 15) is 9.90 Å². The zero-order valence-corrected chi connectivity index (χ0v) is 18.8. The number of fused-ring (bicyclic) bond motifs is 5. The molecule has 3 nitrogen and oxygen atoms in total. The van der Waals surface area contributed by atoms with Crippen LogP contribution in [0.5, 0.6) is 0 Å². The van der Waals surface area contributed by atoms with Gasteiger partial charge in [-0.2, -0.15) is 0 Å². The van der Waals surface area contributed by atoms with E-state index in [4.69, 9.17) is 4.98 Å². The molecule has 2 aliphatic rings. The lowest BCUT2D eigenvalue weighted by molar-refractivity contribution is -0.115. The van der Waals surface area contributed by atoms with E-state index < -0.39 is 14.2 Å². The zero-order chi connectivity index (χ0) is 21.0. The van der Waals surface area contributed by atoms with Gasteiger partial charge in [0.2, 0.25) is 0 Å². The molecule has 0 saturated heterocycles. The van der Waals surface area contributed by atoms with Gasteiger partial charge in [0.05, 0.1) is 25.6 Å². The van der Waals surface area contributed by atoms with Crippen LogP contribution in [0.2, 0.25) is 19.6 Å². The first-order chi connectivity index (χ1) is 14.4. The predicted molar refractivity (Wildman–Crippen MR) is 125 cm³/mol. The number of aliphatic hydroxyl groups is 1. The van der Waals surface area contributed by atoms with Crippen molar-refractivity contribution in [2.45, 2.75) is 45.0 Å². The molecule has 0 aliphatic heterocycles. The van der Waals surface area contributed by atoms with Crippen LogP contribution in [-0.2, 0) is 4.79 Å². The van der Waals surface area contributed by atoms with Gasteiger partial charge in [0.25, 0.3) is 0 Å². The summed E-state index contributed by atoms with van der Waals surface area (Å²) < 4.78 is 0. The molecule has 0 spiro atoms. The molecule has 1 N–H and O–H groups in total. The second-order valence-electron chi connectivity index (χ2n) is 9.58. The highest BCUT2D eigenvalue weighted by atomic mass is 28.3. The van der Waals surface area contributed by atoms with E-state index >= 15 is 0 Å². The lowest BCUT2D eigenvalue weighted by atomic mass is 9.73. The molecule has 1 heterocycles. The van der Waals surface area contributed by atoms with E-state index in [0.29, 0.717) is 18.6 Å². The predicted octanol–water partition coefficient (Wildman–Crippen LogP) is 5.95. The lowest BCUT2D eigenvalue weighted by Crippen LogP contribution is -2.37. The van der Waals surface area contributed by atoms with Gasteiger partial charge in [-0.1, -0.05) is 74.2 Å². The Hall–Kier alpha value is -2.56. The highest BCUT2D eigenvalue weighted by Gasteiger charge is 2.42. The van der Waals surface area contributed by atoms with Gasteiger partial charge in [0.1, 0.15) is 0 Å². The lowest BCUT2D eigenvalue weighted by Gasteiger charge is -2.39. The van der Waals surface area contributed by atoms with Crippen LogP contribution in [0.1, 0.15) is 36.6 Å². The summed E-state index contributed by atoms with van der Waals surface area (Å²) in [4.78, 5) is 18.3. The minimum absolute atomic E-state index is 0.212. The number of hydrogen-bond acceptors (Lipinski definition) is 3. The van der Waals surface area contributed by atoms with Gasteiger partial charge in [-0.05, 0) is 34.9 Å². The number of hydrogen-bond donors (Lipinski definition) is 1. The summed E-state index contributed by atoms with van der Waals surface area (Å²) >= 11 is 0. The number of ketones is 1. The highest BCUT2D eigenvalue weighted by Crippen LogP contribution is 2.50. The van der Waals surface area contributed by atoms with Crippen LogP contribution in [0.3, 0.4) is 0 Å². The third-order valence-electron chi connectivity index (χ3n) is 6.52. The molecule has 152 valence electrons. The summed E-state index contributed by atoms with van der Waals surface area (Å²) in [6, 6.07) is 18.5. The first kappa shape index (κ1) is 19.4. The molecule has 0 fully saturated rings. The van der Waals surface area contributed by atoms with Crippen LogP contribution in [0.25, 0.3) is 27.6 Å². The Bertz CT molecular complexity index is 1190. The van der Waals surface area contributed by atoms with E-state index in [-0.39, 0.29) is 5.92 Å². The average molecular weight is 414 g/mol. The van der Waals surface area contributed by atoms with Crippen LogP contribution < -0.4 is 0 Å². The standard InChI is InChI=1S/C26H27NO2Si/c1-30(2,3)26-20(28)14-13-17-15-21(29)23-18-11-7-8-12-19(18)24(27-25(23)22(17)26)16-9-5-4-6-10-16/h4-12,17,21,29H,13-15H2,1-3H3. The Morgan fingerprint density at radius 3 is 2.30 bits per heavy atom. The molecule has 2 unspecified atom stereocenters. The SMILES string of the molecule is C[Si](C)(C)C1=C2c3nc(-c4ccccc4)c4ccccc4c3C(O)CC2CCC1=O. The molecule has 2 aromatic carbocycles. The van der Waals surface area contributed by atoms with Gasteiger partial charge >= 0.3 is 0 Å². The normalized spacial score (nSPS) is 21.5. The molecule has 4 heteroatoms. The summed E-state index contributed by atoms with van der Waals surface area (Å²) in [6.07, 6.45) is 1.54. The van der Waals surface area contributed by atoms with E-state index in [1.54, 1.807) is 0 Å². The maximum absolute atomic E-state index is 13.1. The quantitative estimate of drug-likeness (QED) is 0.528. The first-order valence-corrected chi connectivity index (χ1v) is 14.3. The van der Waals surface area contributed by atoms with Crippen molar-refractivity contribution in [1.82, 2.24) is 4.98 Å². The molecule has 0 amide bonds. The van der Waals surface area contributed by atoms with Crippen molar-refractivity contribution >= 4 is 30.2 Å². The topological polar surface area (TPSA) is 50.2 Å². The largest absolute Gasteiger partial charge is 0.388 e. The Morgan fingerprint density at radius 1 is 0.933 bits per heavy atom. The maximum atomic E-state index is 13.1. The number of benzene rings is 2. The van der Waals surface area contributed by atoms with Gasteiger partial charge in [0.15, 0.2) is 5.78 Å². The molecule has 30 heavy (non-hydrogen) atoms. The number of rotatable bonds is 2. The number of allylic oxidation sites excluding steroid dienone is 2. The van der Waals surface area contributed by atoms with Crippen LogP contribution in [-0.4, -0.2) is 23.9 Å². The molecule has 2 aliphatic carbocycles. The fraction of sp³-hybridized carbons (Fsp3) is 0.308. The fourth-order valence-corrected chi connectivity index (χ4v) is 7.42. The smallest absolute Gasteiger partial charge is 0.155 e. The molecule has 0 saturated carbocycles. The van der Waals surface area contributed by atoms with Crippen molar-refractivity contribution in [3.8, 4) is 11.3 Å². The first-order valence-electron chi connectivity index (χ1n) is 10.8. The molecular formula is C26H27NO2Si. The third-order valence-corrected chi connectivity index (χ3v) is 8.57. The van der Waals surface area contributed by atoms with Crippen LogP contribution in [0.4, 0.5) is 0 Å². The average Bonchev–Trinajstić information content (AvgIpc) is 2.73. The molecule has 0 bridgehead atoms. The molecule has 3 aromatic rings. The second-order valence-corrected chi connectivity index (χ2v) is 14.6. The Balaban J connectivity index is 1.92. The molecular weight excluding hydrogens is 386 g/mol. The summed E-state index contributed by atoms with van der Waals surface area (Å²) in [7, 11) is -1.87. The number of aliphatic hydroxyl groups excluding tert-OH is 1. The Kier molecular flexibility index (Phi) is 4.53. The molecule has 1 aromatic heterocycles. The van der Waals surface area contributed by atoms with E-state index in [1.807, 2.05) is 30.3 Å².